The smallest absolute Gasteiger partial charge is 0.345 e. The van der Waals surface area contributed by atoms with Crippen LogP contribution >= 0.6 is 0 Å². The van der Waals surface area contributed by atoms with Gasteiger partial charge >= 0.3 is 5.97 Å². The highest BCUT2D eigenvalue weighted by Crippen LogP contribution is 2.29. The number of carbonyl (C=O) groups is 1. The number of ether oxygens (including phenoxy) is 1. The summed E-state index contributed by atoms with van der Waals surface area (Å²) in [7, 11) is 0. The molecule has 0 amide bonds. The zero-order valence-corrected chi connectivity index (χ0v) is 13.5. The monoisotopic (exact) mass is 311 g/mol. The van der Waals surface area contributed by atoms with E-state index in [2.05, 4.69) is 18.8 Å². The minimum absolute atomic E-state index is 0.108. The fourth-order valence-corrected chi connectivity index (χ4v) is 2.24. The predicted molar refractivity (Wildman–Crippen MR) is 92.1 cm³/mol. The summed E-state index contributed by atoms with van der Waals surface area (Å²) in [5, 5.41) is 0. The Balaban J connectivity index is 2.37. The molecule has 0 aliphatic heterocycles. The van der Waals surface area contributed by atoms with Crippen LogP contribution in [0.5, 0.6) is 5.75 Å². The molecule has 0 aliphatic rings. The number of hydrogen-bond donors (Lipinski definition) is 2. The first-order valence-corrected chi connectivity index (χ1v) is 7.40. The molecule has 0 bridgehead atoms. The molecular weight excluding hydrogens is 290 g/mol. The quantitative estimate of drug-likeness (QED) is 0.392. The molecule has 0 saturated heterocycles. The summed E-state index contributed by atoms with van der Waals surface area (Å²) < 4.78 is 5.61. The number of benzene rings is 2. The van der Waals surface area contributed by atoms with Gasteiger partial charge in [-0.15, -0.1) is 0 Å². The highest BCUT2D eigenvalue weighted by Gasteiger charge is 2.16. The Morgan fingerprint density at radius 1 is 1.13 bits per heavy atom. The van der Waals surface area contributed by atoms with E-state index >= 15 is 0 Å². The lowest BCUT2D eigenvalue weighted by Gasteiger charge is -2.14. The molecule has 5 heteroatoms. The van der Waals surface area contributed by atoms with Crippen LogP contribution in [0.3, 0.4) is 0 Å². The fourth-order valence-electron chi connectivity index (χ4n) is 2.24. The second-order valence-electron chi connectivity index (χ2n) is 5.64. The molecule has 0 spiro atoms. The van der Waals surface area contributed by atoms with Crippen molar-refractivity contribution in [3.8, 4) is 5.75 Å². The van der Waals surface area contributed by atoms with Crippen molar-refractivity contribution < 1.29 is 9.53 Å². The summed E-state index contributed by atoms with van der Waals surface area (Å²) in [6.45, 7) is 6.06. The molecule has 4 N–H and O–H groups in total. The van der Waals surface area contributed by atoms with Crippen LogP contribution in [0, 0.1) is 6.92 Å². The molecule has 0 heterocycles. The van der Waals surface area contributed by atoms with Crippen molar-refractivity contribution in [2.75, 3.05) is 0 Å². The molecule has 0 saturated carbocycles. The number of nitrogens with zero attached hydrogens (tertiary/aromatic N) is 1. The number of aryl methyl sites for hydroxylation is 1. The van der Waals surface area contributed by atoms with Crippen LogP contribution in [-0.4, -0.2) is 11.9 Å². The van der Waals surface area contributed by atoms with Crippen LogP contribution in [0.25, 0.3) is 0 Å². The number of esters is 1. The fraction of sp³-hybridized carbons (Fsp3) is 0.222. The number of rotatable bonds is 4. The average Bonchev–Trinajstić information content (AvgIpc) is 2.46. The second-order valence-corrected chi connectivity index (χ2v) is 5.64. The number of para-hydroxylation sites is 1. The molecule has 2 rings (SSSR count). The van der Waals surface area contributed by atoms with Gasteiger partial charge in [0.15, 0.2) is 5.96 Å². The highest BCUT2D eigenvalue weighted by molar-refractivity contribution is 5.97. The molecule has 0 radical (unpaired) electrons. The Kier molecular flexibility index (Phi) is 5.01. The van der Waals surface area contributed by atoms with E-state index in [0.29, 0.717) is 17.0 Å². The summed E-state index contributed by atoms with van der Waals surface area (Å²) in [6.07, 6.45) is 0. The number of carbonyl (C=O) groups excluding carboxylic acids is 1. The van der Waals surface area contributed by atoms with Gasteiger partial charge in [-0.3, -0.25) is 0 Å². The summed E-state index contributed by atoms with van der Waals surface area (Å²) in [5.41, 5.74) is 13.5. The molecule has 0 fully saturated rings. The Labute approximate surface area is 136 Å². The second kappa shape index (κ2) is 6.96. The van der Waals surface area contributed by atoms with Gasteiger partial charge in [0, 0.05) is 0 Å². The largest absolute Gasteiger partial charge is 0.423 e. The summed E-state index contributed by atoms with van der Waals surface area (Å²) >= 11 is 0. The van der Waals surface area contributed by atoms with Gasteiger partial charge in [0.25, 0.3) is 0 Å². The third-order valence-electron chi connectivity index (χ3n) is 3.37. The van der Waals surface area contributed by atoms with Crippen LogP contribution in [0.4, 0.5) is 5.69 Å². The van der Waals surface area contributed by atoms with E-state index in [1.165, 1.54) is 0 Å². The van der Waals surface area contributed by atoms with E-state index in [9.17, 15) is 4.79 Å². The molecule has 5 nitrogen and oxygen atoms in total. The summed E-state index contributed by atoms with van der Waals surface area (Å²) in [6, 6.07) is 12.6. The predicted octanol–water partition coefficient (Wildman–Crippen LogP) is 3.24. The van der Waals surface area contributed by atoms with Crippen molar-refractivity contribution in [3.05, 3.63) is 59.2 Å². The van der Waals surface area contributed by atoms with Gasteiger partial charge < -0.3 is 16.2 Å². The van der Waals surface area contributed by atoms with Crippen LogP contribution in [0.15, 0.2) is 47.5 Å². The van der Waals surface area contributed by atoms with E-state index in [0.717, 1.165) is 11.1 Å². The molecule has 23 heavy (non-hydrogen) atoms. The van der Waals surface area contributed by atoms with Crippen molar-refractivity contribution in [1.29, 1.82) is 0 Å². The van der Waals surface area contributed by atoms with Gasteiger partial charge in [-0.1, -0.05) is 38.1 Å². The molecule has 0 atom stereocenters. The molecule has 0 aromatic heterocycles. The van der Waals surface area contributed by atoms with E-state index in [-0.39, 0.29) is 11.9 Å². The van der Waals surface area contributed by atoms with Gasteiger partial charge in [0.1, 0.15) is 5.75 Å². The topological polar surface area (TPSA) is 90.7 Å². The van der Waals surface area contributed by atoms with Crippen LogP contribution in [-0.2, 0) is 0 Å². The van der Waals surface area contributed by atoms with Gasteiger partial charge in [0.2, 0.25) is 0 Å². The normalized spacial score (nSPS) is 10.4. The zero-order chi connectivity index (χ0) is 17.0. The zero-order valence-electron chi connectivity index (χ0n) is 13.5. The lowest BCUT2D eigenvalue weighted by atomic mass is 10.0. The minimum atomic E-state index is -0.488. The first kappa shape index (κ1) is 16.5. The minimum Gasteiger partial charge on any atom is -0.423 e. The third-order valence-corrected chi connectivity index (χ3v) is 3.37. The lowest BCUT2D eigenvalue weighted by molar-refractivity contribution is 0.0733. The Bertz CT molecular complexity index is 748. The maximum absolute atomic E-state index is 12.5. The number of hydrogen-bond acceptors (Lipinski definition) is 3. The van der Waals surface area contributed by atoms with Crippen LogP contribution in [0.1, 0.15) is 41.3 Å². The molecule has 2 aromatic carbocycles. The third kappa shape index (κ3) is 4.10. The Hall–Kier alpha value is -2.82. The van der Waals surface area contributed by atoms with E-state index in [1.807, 2.05) is 25.1 Å². The first-order valence-electron chi connectivity index (χ1n) is 7.40. The summed E-state index contributed by atoms with van der Waals surface area (Å²) in [5.74, 6) is 0.206. The SMILES string of the molecule is Cc1ccc(C(C)C)c(OC(=O)c2ccccc2N=C(N)N)c1. The van der Waals surface area contributed by atoms with Gasteiger partial charge in [-0.2, -0.15) is 0 Å². The molecule has 2 aromatic rings. The molecule has 120 valence electrons. The Morgan fingerprint density at radius 2 is 1.83 bits per heavy atom. The molecule has 0 unspecified atom stereocenters. The van der Waals surface area contributed by atoms with E-state index < -0.39 is 5.97 Å². The van der Waals surface area contributed by atoms with E-state index in [1.54, 1.807) is 24.3 Å². The lowest BCUT2D eigenvalue weighted by Crippen LogP contribution is -2.22. The van der Waals surface area contributed by atoms with Gasteiger partial charge in [0.05, 0.1) is 11.3 Å². The van der Waals surface area contributed by atoms with Crippen molar-refractivity contribution in [2.24, 2.45) is 16.5 Å². The van der Waals surface area contributed by atoms with Crippen LogP contribution in [0.2, 0.25) is 0 Å². The molecule has 0 aliphatic carbocycles. The summed E-state index contributed by atoms with van der Waals surface area (Å²) in [4.78, 5) is 16.5. The Morgan fingerprint density at radius 3 is 2.48 bits per heavy atom. The average molecular weight is 311 g/mol. The molecular formula is C18H21N3O2. The maximum atomic E-state index is 12.5. The van der Waals surface area contributed by atoms with Crippen molar-refractivity contribution >= 4 is 17.6 Å². The number of guanidine groups is 1. The maximum Gasteiger partial charge on any atom is 0.345 e. The van der Waals surface area contributed by atoms with E-state index in [4.69, 9.17) is 16.2 Å². The first-order chi connectivity index (χ1) is 10.9. The van der Waals surface area contributed by atoms with Crippen LogP contribution < -0.4 is 16.2 Å². The van der Waals surface area contributed by atoms with Gasteiger partial charge in [-0.25, -0.2) is 9.79 Å². The highest BCUT2D eigenvalue weighted by atomic mass is 16.5. The van der Waals surface area contributed by atoms with Crippen molar-refractivity contribution in [2.45, 2.75) is 26.7 Å². The van der Waals surface area contributed by atoms with Gasteiger partial charge in [-0.05, 0) is 42.2 Å². The van der Waals surface area contributed by atoms with Crippen molar-refractivity contribution in [1.82, 2.24) is 0 Å². The number of aliphatic imine (C=N–C) groups is 1. The number of nitrogens with two attached hydrogens (primary N) is 2. The standard InChI is InChI=1S/C18H21N3O2/c1-11(2)13-9-8-12(3)10-16(13)23-17(22)14-6-4-5-7-15(14)21-18(19)20/h4-11H,1-3H3,(H4,19,20,21). The van der Waals surface area contributed by atoms with Crippen molar-refractivity contribution in [3.63, 3.8) is 0 Å².